The molecule has 0 atom stereocenters. The number of nitro groups is 1. The van der Waals surface area contributed by atoms with Crippen LogP contribution in [-0.2, 0) is 0 Å². The lowest BCUT2D eigenvalue weighted by Crippen LogP contribution is -2.34. The first kappa shape index (κ1) is 13.5. The molecule has 0 amide bonds. The van der Waals surface area contributed by atoms with Crippen LogP contribution in [0.15, 0.2) is 0 Å². The van der Waals surface area contributed by atoms with Crippen molar-refractivity contribution in [3.05, 3.63) is 15.8 Å². The number of aryl methyl sites for hydroxylation is 1. The SMILES string of the molecule is CCN(c1nc(N)nc(C)c1[N+](=O)[O-])C1CCCC1. The summed E-state index contributed by atoms with van der Waals surface area (Å²) < 4.78 is 0. The summed E-state index contributed by atoms with van der Waals surface area (Å²) in [6, 6.07) is 0.317. The van der Waals surface area contributed by atoms with Crippen LogP contribution in [0.4, 0.5) is 17.5 Å². The van der Waals surface area contributed by atoms with Gasteiger partial charge in [-0.25, -0.2) is 4.98 Å². The molecule has 1 heterocycles. The van der Waals surface area contributed by atoms with Gasteiger partial charge >= 0.3 is 5.69 Å². The van der Waals surface area contributed by atoms with Crippen LogP contribution in [0.25, 0.3) is 0 Å². The fourth-order valence-corrected chi connectivity index (χ4v) is 2.78. The molecule has 1 aromatic rings. The molecule has 1 aromatic heterocycles. The fourth-order valence-electron chi connectivity index (χ4n) is 2.78. The zero-order valence-electron chi connectivity index (χ0n) is 11.3. The van der Waals surface area contributed by atoms with Gasteiger partial charge < -0.3 is 10.6 Å². The summed E-state index contributed by atoms with van der Waals surface area (Å²) in [6.45, 7) is 4.26. The molecule has 7 heteroatoms. The Morgan fingerprint density at radius 2 is 2.05 bits per heavy atom. The summed E-state index contributed by atoms with van der Waals surface area (Å²) in [5.41, 5.74) is 5.95. The molecule has 19 heavy (non-hydrogen) atoms. The van der Waals surface area contributed by atoms with Crippen LogP contribution in [0.5, 0.6) is 0 Å². The molecule has 0 saturated heterocycles. The predicted molar refractivity (Wildman–Crippen MR) is 73.1 cm³/mol. The van der Waals surface area contributed by atoms with E-state index in [-0.39, 0.29) is 11.6 Å². The lowest BCUT2D eigenvalue weighted by Gasteiger charge is -2.28. The zero-order chi connectivity index (χ0) is 14.0. The Balaban J connectivity index is 2.48. The molecule has 0 aromatic carbocycles. The van der Waals surface area contributed by atoms with E-state index in [1.54, 1.807) is 6.92 Å². The highest BCUT2D eigenvalue weighted by molar-refractivity contribution is 5.62. The molecule has 1 fully saturated rings. The molecular weight excluding hydrogens is 246 g/mol. The number of nitrogens with two attached hydrogens (primary N) is 1. The molecule has 7 nitrogen and oxygen atoms in total. The van der Waals surface area contributed by atoms with Gasteiger partial charge in [-0.2, -0.15) is 4.98 Å². The van der Waals surface area contributed by atoms with Crippen molar-refractivity contribution in [2.24, 2.45) is 0 Å². The largest absolute Gasteiger partial charge is 0.368 e. The number of nitrogens with zero attached hydrogens (tertiary/aromatic N) is 4. The van der Waals surface area contributed by atoms with Gasteiger partial charge in [0.15, 0.2) is 0 Å². The number of rotatable bonds is 4. The molecule has 2 N–H and O–H groups in total. The monoisotopic (exact) mass is 265 g/mol. The maximum Gasteiger partial charge on any atom is 0.332 e. The molecule has 2 rings (SSSR count). The maximum atomic E-state index is 11.2. The lowest BCUT2D eigenvalue weighted by atomic mass is 10.2. The van der Waals surface area contributed by atoms with E-state index in [1.807, 2.05) is 11.8 Å². The van der Waals surface area contributed by atoms with Crippen LogP contribution >= 0.6 is 0 Å². The Morgan fingerprint density at radius 1 is 1.42 bits per heavy atom. The maximum absolute atomic E-state index is 11.2. The molecule has 1 saturated carbocycles. The fraction of sp³-hybridized carbons (Fsp3) is 0.667. The van der Waals surface area contributed by atoms with Crippen molar-refractivity contribution >= 4 is 17.5 Å². The van der Waals surface area contributed by atoms with Crippen LogP contribution in [-0.4, -0.2) is 27.5 Å². The quantitative estimate of drug-likeness (QED) is 0.660. The van der Waals surface area contributed by atoms with Gasteiger partial charge in [0.1, 0.15) is 5.69 Å². The molecule has 0 unspecified atom stereocenters. The minimum Gasteiger partial charge on any atom is -0.368 e. The first-order valence-electron chi connectivity index (χ1n) is 6.59. The van der Waals surface area contributed by atoms with Gasteiger partial charge in [0.05, 0.1) is 4.92 Å². The van der Waals surface area contributed by atoms with Crippen LogP contribution < -0.4 is 10.6 Å². The van der Waals surface area contributed by atoms with E-state index in [4.69, 9.17) is 5.73 Å². The number of hydrogen-bond donors (Lipinski definition) is 1. The molecule has 0 spiro atoms. The highest BCUT2D eigenvalue weighted by Crippen LogP contribution is 2.34. The number of hydrogen-bond acceptors (Lipinski definition) is 6. The van der Waals surface area contributed by atoms with E-state index < -0.39 is 4.92 Å². The Bertz CT molecular complexity index is 485. The smallest absolute Gasteiger partial charge is 0.332 e. The van der Waals surface area contributed by atoms with Crippen molar-refractivity contribution in [3.8, 4) is 0 Å². The number of nitrogen functional groups attached to an aromatic ring is 1. The Morgan fingerprint density at radius 3 is 2.58 bits per heavy atom. The second-order valence-electron chi connectivity index (χ2n) is 4.82. The molecule has 0 bridgehead atoms. The van der Waals surface area contributed by atoms with Crippen molar-refractivity contribution in [3.63, 3.8) is 0 Å². The minimum absolute atomic E-state index is 0.0250. The third-order valence-corrected chi connectivity index (χ3v) is 3.62. The normalized spacial score (nSPS) is 15.7. The molecule has 1 aliphatic carbocycles. The van der Waals surface area contributed by atoms with E-state index in [9.17, 15) is 10.1 Å². The lowest BCUT2D eigenvalue weighted by molar-refractivity contribution is -0.385. The highest BCUT2D eigenvalue weighted by Gasteiger charge is 2.30. The van der Waals surface area contributed by atoms with Crippen LogP contribution in [0, 0.1) is 17.0 Å². The Hall–Kier alpha value is -1.92. The molecule has 0 aliphatic heterocycles. The summed E-state index contributed by atoms with van der Waals surface area (Å²) >= 11 is 0. The summed E-state index contributed by atoms with van der Waals surface area (Å²) in [4.78, 5) is 20.8. The van der Waals surface area contributed by atoms with Crippen LogP contribution in [0.1, 0.15) is 38.3 Å². The average Bonchev–Trinajstić information content (AvgIpc) is 2.82. The van der Waals surface area contributed by atoms with Crippen LogP contribution in [0.2, 0.25) is 0 Å². The first-order chi connectivity index (χ1) is 9.04. The van der Waals surface area contributed by atoms with Gasteiger partial charge in [-0.3, -0.25) is 10.1 Å². The van der Waals surface area contributed by atoms with E-state index in [1.165, 1.54) is 0 Å². The van der Waals surface area contributed by atoms with Crippen molar-refractivity contribution in [2.75, 3.05) is 17.2 Å². The predicted octanol–water partition coefficient (Wildman–Crippen LogP) is 2.04. The van der Waals surface area contributed by atoms with Crippen LogP contribution in [0.3, 0.4) is 0 Å². The van der Waals surface area contributed by atoms with Gasteiger partial charge in [-0.1, -0.05) is 12.8 Å². The van der Waals surface area contributed by atoms with Gasteiger partial charge in [-0.05, 0) is 26.7 Å². The van der Waals surface area contributed by atoms with Gasteiger partial charge in [0, 0.05) is 12.6 Å². The second kappa shape index (κ2) is 5.38. The van der Waals surface area contributed by atoms with Crippen molar-refractivity contribution < 1.29 is 4.92 Å². The minimum atomic E-state index is -0.415. The highest BCUT2D eigenvalue weighted by atomic mass is 16.6. The summed E-state index contributed by atoms with van der Waals surface area (Å²) in [7, 11) is 0. The van der Waals surface area contributed by atoms with Gasteiger partial charge in [-0.15, -0.1) is 0 Å². The first-order valence-corrected chi connectivity index (χ1v) is 6.59. The van der Waals surface area contributed by atoms with Gasteiger partial charge in [0.25, 0.3) is 0 Å². The number of anilines is 2. The Kier molecular flexibility index (Phi) is 3.82. The van der Waals surface area contributed by atoms with Crippen molar-refractivity contribution in [1.82, 2.24) is 9.97 Å². The van der Waals surface area contributed by atoms with E-state index in [0.717, 1.165) is 25.7 Å². The van der Waals surface area contributed by atoms with E-state index in [0.29, 0.717) is 24.1 Å². The van der Waals surface area contributed by atoms with Crippen molar-refractivity contribution in [2.45, 2.75) is 45.6 Å². The third-order valence-electron chi connectivity index (χ3n) is 3.62. The summed E-state index contributed by atoms with van der Waals surface area (Å²) in [5.74, 6) is 0.457. The summed E-state index contributed by atoms with van der Waals surface area (Å²) in [6.07, 6.45) is 4.42. The van der Waals surface area contributed by atoms with E-state index >= 15 is 0 Å². The molecule has 1 aliphatic rings. The van der Waals surface area contributed by atoms with Crippen molar-refractivity contribution in [1.29, 1.82) is 0 Å². The molecule has 104 valence electrons. The van der Waals surface area contributed by atoms with E-state index in [2.05, 4.69) is 9.97 Å². The molecule has 0 radical (unpaired) electrons. The average molecular weight is 265 g/mol. The van der Waals surface area contributed by atoms with Gasteiger partial charge in [0.2, 0.25) is 11.8 Å². The standard InChI is InChI=1S/C12H19N5O2/c1-3-16(9-6-4-5-7-9)11-10(17(18)19)8(2)14-12(13)15-11/h9H,3-7H2,1-2H3,(H2,13,14,15). The number of aromatic nitrogens is 2. The zero-order valence-corrected chi connectivity index (χ0v) is 11.3. The molecular formula is C12H19N5O2. The summed E-state index contributed by atoms with van der Waals surface area (Å²) in [5, 5.41) is 11.2. The second-order valence-corrected chi connectivity index (χ2v) is 4.82. The third kappa shape index (κ3) is 2.59. The topological polar surface area (TPSA) is 98.2 Å². The Labute approximate surface area is 112 Å².